The number of anilines is 1. The van der Waals surface area contributed by atoms with Gasteiger partial charge in [-0.25, -0.2) is 9.07 Å². The minimum atomic E-state index is -4.55. The number of carbonyl (C=O) groups is 1. The average Bonchev–Trinajstić information content (AvgIpc) is 3.28. The summed E-state index contributed by atoms with van der Waals surface area (Å²) in [5.74, 6) is -0.697. The van der Waals surface area contributed by atoms with Crippen molar-refractivity contribution in [2.75, 3.05) is 31.5 Å². The fourth-order valence-electron chi connectivity index (χ4n) is 4.84. The highest BCUT2D eigenvalue weighted by Crippen LogP contribution is 2.43. The number of hydrogen-bond acceptors (Lipinski definition) is 3. The minimum absolute atomic E-state index is 0.00647. The van der Waals surface area contributed by atoms with Gasteiger partial charge < -0.3 is 15.1 Å². The molecule has 5 rings (SSSR count). The molecule has 2 atom stereocenters. The Kier molecular flexibility index (Phi) is 6.22. The summed E-state index contributed by atoms with van der Waals surface area (Å²) in [5, 5.41) is 7.13. The highest BCUT2D eigenvalue weighted by atomic mass is 19.4. The van der Waals surface area contributed by atoms with Gasteiger partial charge in [0, 0.05) is 18.1 Å². The Balaban J connectivity index is 1.30. The maximum atomic E-state index is 13.9. The van der Waals surface area contributed by atoms with E-state index in [0.717, 1.165) is 24.3 Å². The van der Waals surface area contributed by atoms with E-state index in [2.05, 4.69) is 22.5 Å². The van der Waals surface area contributed by atoms with E-state index in [-0.39, 0.29) is 23.8 Å². The average molecular weight is 489 g/mol. The molecule has 3 aromatic rings. The molecule has 2 aromatic carbocycles. The quantitative estimate of drug-likeness (QED) is 0.555. The van der Waals surface area contributed by atoms with Crippen LogP contribution in [0.1, 0.15) is 40.1 Å². The Morgan fingerprint density at radius 1 is 1.06 bits per heavy atom. The van der Waals surface area contributed by atoms with E-state index in [0.29, 0.717) is 18.7 Å². The lowest BCUT2D eigenvalue weighted by Crippen LogP contribution is -3.13. The molecule has 0 spiro atoms. The number of quaternary nitrogens is 1. The van der Waals surface area contributed by atoms with Crippen LogP contribution in [0, 0.1) is 5.82 Å². The number of nitrogens with zero attached hydrogens (tertiary/aromatic N) is 3. The van der Waals surface area contributed by atoms with Crippen molar-refractivity contribution in [2.45, 2.75) is 31.2 Å². The number of amides is 1. The van der Waals surface area contributed by atoms with Gasteiger partial charge in [-0.3, -0.25) is 4.79 Å². The maximum absolute atomic E-state index is 13.9. The highest BCUT2D eigenvalue weighted by molar-refractivity contribution is 5.93. The Bertz CT molecular complexity index is 1170. The van der Waals surface area contributed by atoms with E-state index in [1.54, 1.807) is 4.90 Å². The number of halogens is 4. The van der Waals surface area contributed by atoms with Gasteiger partial charge in [0.25, 0.3) is 5.91 Å². The Labute approximate surface area is 200 Å². The molecule has 0 saturated carbocycles. The molecule has 1 saturated heterocycles. The molecule has 0 unspecified atom stereocenters. The molecule has 35 heavy (non-hydrogen) atoms. The normalized spacial score (nSPS) is 20.9. The molecule has 1 fully saturated rings. The number of benzene rings is 2. The summed E-state index contributed by atoms with van der Waals surface area (Å²) in [5.41, 5.74) is 1.76. The van der Waals surface area contributed by atoms with Crippen LogP contribution in [0.5, 0.6) is 0 Å². The van der Waals surface area contributed by atoms with Gasteiger partial charge in [0.05, 0.1) is 32.2 Å². The topological polar surface area (TPSA) is 54.6 Å². The van der Waals surface area contributed by atoms with Crippen molar-refractivity contribution in [1.29, 1.82) is 0 Å². The maximum Gasteiger partial charge on any atom is 0.410 e. The Morgan fingerprint density at radius 3 is 2.40 bits per heavy atom. The molecule has 2 aliphatic heterocycles. The number of hydrogen-bond donors (Lipinski definition) is 2. The number of carbonyl (C=O) groups excluding carboxylic acids is 1. The van der Waals surface area contributed by atoms with Gasteiger partial charge in [-0.05, 0) is 17.7 Å². The molecule has 6 nitrogen and oxygen atoms in total. The van der Waals surface area contributed by atoms with Crippen LogP contribution in [0.2, 0.25) is 0 Å². The zero-order valence-corrected chi connectivity index (χ0v) is 18.9. The molecule has 2 N–H and O–H groups in total. The van der Waals surface area contributed by atoms with Crippen LogP contribution in [0.4, 0.5) is 23.4 Å². The minimum Gasteiger partial charge on any atom is -0.363 e. The van der Waals surface area contributed by atoms with E-state index < -0.39 is 24.1 Å². The fraction of sp³-hybridized carbons (Fsp3) is 0.360. The van der Waals surface area contributed by atoms with Gasteiger partial charge in [0.1, 0.15) is 18.2 Å². The van der Waals surface area contributed by atoms with Crippen molar-refractivity contribution in [2.24, 2.45) is 0 Å². The number of nitrogens with one attached hydrogen (secondary N) is 2. The molecule has 1 amide bonds. The molecule has 1 aromatic heterocycles. The fourth-order valence-corrected chi connectivity index (χ4v) is 4.84. The first-order valence-corrected chi connectivity index (χ1v) is 11.6. The largest absolute Gasteiger partial charge is 0.410 e. The lowest BCUT2D eigenvalue weighted by atomic mass is 9.97. The van der Waals surface area contributed by atoms with E-state index in [1.165, 1.54) is 40.8 Å². The van der Waals surface area contributed by atoms with Gasteiger partial charge in [-0.2, -0.15) is 18.3 Å². The lowest BCUT2D eigenvalue weighted by molar-refractivity contribution is -0.917. The molecule has 184 valence electrons. The zero-order valence-electron chi connectivity index (χ0n) is 18.9. The summed E-state index contributed by atoms with van der Waals surface area (Å²) in [6.45, 7) is 3.40. The summed E-state index contributed by atoms with van der Waals surface area (Å²) in [7, 11) is 0. The first-order chi connectivity index (χ1) is 16.8. The number of rotatable bonds is 4. The molecule has 2 aliphatic rings. The second kappa shape index (κ2) is 9.33. The van der Waals surface area contributed by atoms with Crippen LogP contribution in [-0.2, 0) is 6.54 Å². The van der Waals surface area contributed by atoms with Crippen LogP contribution in [0.25, 0.3) is 0 Å². The predicted octanol–water partition coefficient (Wildman–Crippen LogP) is 3.22. The van der Waals surface area contributed by atoms with Crippen LogP contribution in [-0.4, -0.2) is 52.9 Å². The zero-order chi connectivity index (χ0) is 24.6. The summed E-state index contributed by atoms with van der Waals surface area (Å²) >= 11 is 0. The van der Waals surface area contributed by atoms with Crippen LogP contribution >= 0.6 is 0 Å². The third kappa shape index (κ3) is 5.02. The monoisotopic (exact) mass is 488 g/mol. The molecule has 0 bridgehead atoms. The van der Waals surface area contributed by atoms with Crippen LogP contribution in [0.3, 0.4) is 0 Å². The smallest absolute Gasteiger partial charge is 0.363 e. The molecule has 0 aliphatic carbocycles. The highest BCUT2D eigenvalue weighted by Gasteiger charge is 2.47. The summed E-state index contributed by atoms with van der Waals surface area (Å²) in [4.78, 5) is 16.1. The second-order valence-electron chi connectivity index (χ2n) is 9.11. The Morgan fingerprint density at radius 2 is 1.74 bits per heavy atom. The molecular formula is C25H26F4N5O+. The third-order valence-corrected chi connectivity index (χ3v) is 6.74. The number of fused-ring (bicyclic) bond motifs is 1. The van der Waals surface area contributed by atoms with Crippen LogP contribution in [0.15, 0.2) is 60.7 Å². The third-order valence-electron chi connectivity index (χ3n) is 6.74. The van der Waals surface area contributed by atoms with Crippen molar-refractivity contribution in [3.05, 3.63) is 83.3 Å². The van der Waals surface area contributed by atoms with Crippen molar-refractivity contribution >= 4 is 11.7 Å². The van der Waals surface area contributed by atoms with Crippen molar-refractivity contribution in [3.8, 4) is 0 Å². The van der Waals surface area contributed by atoms with E-state index in [4.69, 9.17) is 0 Å². The van der Waals surface area contributed by atoms with Gasteiger partial charge in [0.15, 0.2) is 11.7 Å². The summed E-state index contributed by atoms with van der Waals surface area (Å²) in [6.07, 6.45) is -4.85. The summed E-state index contributed by atoms with van der Waals surface area (Å²) in [6, 6.07) is 14.3. The van der Waals surface area contributed by atoms with Crippen molar-refractivity contribution in [3.63, 3.8) is 0 Å². The van der Waals surface area contributed by atoms with E-state index in [9.17, 15) is 22.4 Å². The number of aromatic nitrogens is 2. The van der Waals surface area contributed by atoms with Crippen molar-refractivity contribution < 1.29 is 27.3 Å². The van der Waals surface area contributed by atoms with Gasteiger partial charge in [0.2, 0.25) is 0 Å². The standard InChI is InChI=1S/C25H25F4N5O/c26-19-8-6-18(7-9-19)20-14-22(25(27,28)29)34-23(30-20)15-21(31-34)24(35)33-12-10-32(11-13-33)16-17-4-2-1-3-5-17/h1-9,15,20,22,30H,10-14,16H2/p+1/t20-,22+/m1/s1. The number of alkyl halides is 3. The Hall–Kier alpha value is -3.40. The number of piperazine rings is 1. The van der Waals surface area contributed by atoms with Gasteiger partial charge in [-0.15, -0.1) is 0 Å². The predicted molar refractivity (Wildman–Crippen MR) is 121 cm³/mol. The molecule has 10 heteroatoms. The molecule has 0 radical (unpaired) electrons. The molecule has 3 heterocycles. The van der Waals surface area contributed by atoms with Crippen LogP contribution < -0.4 is 10.2 Å². The van der Waals surface area contributed by atoms with E-state index in [1.807, 2.05) is 18.2 Å². The van der Waals surface area contributed by atoms with Crippen molar-refractivity contribution in [1.82, 2.24) is 14.7 Å². The van der Waals surface area contributed by atoms with Gasteiger partial charge in [-0.1, -0.05) is 42.5 Å². The summed E-state index contributed by atoms with van der Waals surface area (Å²) < 4.78 is 55.9. The first kappa shape index (κ1) is 23.3. The first-order valence-electron chi connectivity index (χ1n) is 11.6. The SMILES string of the molecule is O=C(c1cc2n(n1)[C@H](C(F)(F)F)C[C@H](c1ccc(F)cc1)N2)N1CC[NH+](Cc2ccccc2)CC1. The molecular weight excluding hydrogens is 462 g/mol. The lowest BCUT2D eigenvalue weighted by Gasteiger charge is -2.33. The van der Waals surface area contributed by atoms with Gasteiger partial charge >= 0.3 is 6.18 Å². The van der Waals surface area contributed by atoms with E-state index >= 15 is 0 Å². The second-order valence-corrected chi connectivity index (χ2v) is 9.11.